The number of hydrogen-bond acceptors (Lipinski definition) is 1. The number of hydrogen-bond donors (Lipinski definition) is 0. The Kier molecular flexibility index (Phi) is 4.88. The van der Waals surface area contributed by atoms with Gasteiger partial charge in [0.15, 0.2) is 0 Å². The van der Waals surface area contributed by atoms with E-state index in [0.717, 1.165) is 25.2 Å². The zero-order valence-electron chi connectivity index (χ0n) is 9.06. The molecule has 0 bridgehead atoms. The van der Waals surface area contributed by atoms with Crippen LogP contribution in [0.4, 0.5) is 4.39 Å². The van der Waals surface area contributed by atoms with Gasteiger partial charge in [-0.15, -0.1) is 0 Å². The summed E-state index contributed by atoms with van der Waals surface area (Å²) < 4.78 is 13.1. The molecule has 1 rings (SSSR count). The highest BCUT2D eigenvalue weighted by Crippen LogP contribution is 2.13. The Hall–Kier alpha value is -0.630. The summed E-state index contributed by atoms with van der Waals surface area (Å²) in [5.41, 5.74) is 0.807. The fourth-order valence-electron chi connectivity index (χ4n) is 1.88. The number of halogens is 1. The van der Waals surface area contributed by atoms with Gasteiger partial charge < -0.3 is 0 Å². The molecule has 0 spiro atoms. The maximum Gasteiger partial charge on any atom is 0.122 e. The molecular formula is C12H20FN. The monoisotopic (exact) mass is 197 g/mol. The smallest absolute Gasteiger partial charge is 0.122 e. The van der Waals surface area contributed by atoms with Gasteiger partial charge in [-0.25, -0.2) is 4.39 Å². The molecular weight excluding hydrogens is 177 g/mol. The van der Waals surface area contributed by atoms with E-state index in [1.807, 2.05) is 6.92 Å². The lowest BCUT2D eigenvalue weighted by Crippen LogP contribution is -2.26. The molecule has 2 heteroatoms. The minimum Gasteiger partial charge on any atom is -0.299 e. The first-order valence-electron chi connectivity index (χ1n) is 5.44. The Morgan fingerprint density at radius 3 is 2.36 bits per heavy atom. The van der Waals surface area contributed by atoms with Gasteiger partial charge in [-0.3, -0.25) is 4.90 Å². The van der Waals surface area contributed by atoms with E-state index >= 15 is 0 Å². The summed E-state index contributed by atoms with van der Waals surface area (Å²) in [5.74, 6) is -0.158. The first-order chi connectivity index (χ1) is 6.74. The van der Waals surface area contributed by atoms with Gasteiger partial charge in [-0.2, -0.15) is 0 Å². The number of nitrogens with zero attached hydrogens (tertiary/aromatic N) is 1. The normalized spacial score (nSPS) is 21.3. The van der Waals surface area contributed by atoms with Crippen LogP contribution in [0.5, 0.6) is 0 Å². The van der Waals surface area contributed by atoms with Crippen molar-refractivity contribution in [1.82, 2.24) is 4.90 Å². The second-order valence-electron chi connectivity index (χ2n) is 4.02. The van der Waals surface area contributed by atoms with Crippen molar-refractivity contribution in [2.24, 2.45) is 0 Å². The van der Waals surface area contributed by atoms with Crippen molar-refractivity contribution in [3.05, 3.63) is 24.1 Å². The van der Waals surface area contributed by atoms with Crippen LogP contribution in [0.2, 0.25) is 0 Å². The van der Waals surface area contributed by atoms with Crippen molar-refractivity contribution < 1.29 is 4.39 Å². The summed E-state index contributed by atoms with van der Waals surface area (Å²) in [5, 5.41) is 0. The lowest BCUT2D eigenvalue weighted by molar-refractivity contribution is 0.306. The van der Waals surface area contributed by atoms with Crippen LogP contribution in [0.15, 0.2) is 24.1 Å². The molecule has 1 saturated heterocycles. The third-order valence-electron chi connectivity index (χ3n) is 2.75. The van der Waals surface area contributed by atoms with E-state index in [9.17, 15) is 4.39 Å². The number of likely N-dealkylation sites (tertiary alicyclic amines) is 1. The predicted molar refractivity (Wildman–Crippen MR) is 58.9 cm³/mol. The number of rotatable bonds is 3. The second-order valence-corrected chi connectivity index (χ2v) is 4.02. The third-order valence-corrected chi connectivity index (χ3v) is 2.75. The van der Waals surface area contributed by atoms with E-state index in [4.69, 9.17) is 0 Å². The van der Waals surface area contributed by atoms with E-state index in [-0.39, 0.29) is 5.83 Å². The van der Waals surface area contributed by atoms with Gasteiger partial charge in [0.1, 0.15) is 5.83 Å². The Bertz CT molecular complexity index is 212. The van der Waals surface area contributed by atoms with Crippen molar-refractivity contribution in [2.75, 3.05) is 19.6 Å². The topological polar surface area (TPSA) is 3.24 Å². The van der Waals surface area contributed by atoms with Gasteiger partial charge in [0.05, 0.1) is 0 Å². The van der Waals surface area contributed by atoms with Crippen molar-refractivity contribution in [3.63, 3.8) is 0 Å². The SMILES string of the molecule is C=C/C(F)=C(\C)CN1CCCCCC1. The number of allylic oxidation sites excluding steroid dienone is 2. The minimum atomic E-state index is -0.158. The van der Waals surface area contributed by atoms with Gasteiger partial charge in [0.2, 0.25) is 0 Å². The van der Waals surface area contributed by atoms with Crippen molar-refractivity contribution in [3.8, 4) is 0 Å². The van der Waals surface area contributed by atoms with E-state index in [0.29, 0.717) is 0 Å². The van der Waals surface area contributed by atoms with Crippen LogP contribution < -0.4 is 0 Å². The Balaban J connectivity index is 2.45. The summed E-state index contributed by atoms with van der Waals surface area (Å²) >= 11 is 0. The molecule has 1 fully saturated rings. The molecule has 0 aromatic carbocycles. The van der Waals surface area contributed by atoms with E-state index in [2.05, 4.69) is 11.5 Å². The van der Waals surface area contributed by atoms with Crippen LogP contribution in [0.1, 0.15) is 32.6 Å². The fraction of sp³-hybridized carbons (Fsp3) is 0.667. The summed E-state index contributed by atoms with van der Waals surface area (Å²) in [7, 11) is 0. The standard InChI is InChI=1S/C12H20FN/c1-3-12(13)11(2)10-14-8-6-4-5-7-9-14/h3H,1,4-10H2,2H3/b12-11-. The maximum absolute atomic E-state index is 13.1. The second kappa shape index (κ2) is 5.97. The largest absolute Gasteiger partial charge is 0.299 e. The first-order valence-corrected chi connectivity index (χ1v) is 5.44. The summed E-state index contributed by atoms with van der Waals surface area (Å²) in [4.78, 5) is 2.34. The minimum absolute atomic E-state index is 0.158. The van der Waals surface area contributed by atoms with Crippen LogP contribution >= 0.6 is 0 Å². The molecule has 0 aromatic heterocycles. The van der Waals surface area contributed by atoms with Crippen molar-refractivity contribution >= 4 is 0 Å². The van der Waals surface area contributed by atoms with E-state index in [1.165, 1.54) is 31.8 Å². The van der Waals surface area contributed by atoms with Crippen molar-refractivity contribution in [1.29, 1.82) is 0 Å². The predicted octanol–water partition coefficient (Wildman–Crippen LogP) is 3.29. The summed E-state index contributed by atoms with van der Waals surface area (Å²) in [6.45, 7) is 8.28. The van der Waals surface area contributed by atoms with Crippen LogP contribution in [0, 0.1) is 0 Å². The van der Waals surface area contributed by atoms with Crippen LogP contribution in [0.3, 0.4) is 0 Å². The lowest BCUT2D eigenvalue weighted by atomic mass is 10.2. The average Bonchev–Trinajstić information content (AvgIpc) is 2.45. The third kappa shape index (κ3) is 3.62. The van der Waals surface area contributed by atoms with Crippen molar-refractivity contribution in [2.45, 2.75) is 32.6 Å². The zero-order chi connectivity index (χ0) is 10.4. The molecule has 1 heterocycles. The molecule has 0 amide bonds. The molecule has 0 saturated carbocycles. The van der Waals surface area contributed by atoms with Gasteiger partial charge in [-0.1, -0.05) is 19.4 Å². The molecule has 0 unspecified atom stereocenters. The molecule has 0 radical (unpaired) electrons. The molecule has 1 nitrogen and oxygen atoms in total. The molecule has 0 aromatic rings. The quantitative estimate of drug-likeness (QED) is 0.627. The van der Waals surface area contributed by atoms with Crippen LogP contribution in [-0.4, -0.2) is 24.5 Å². The van der Waals surface area contributed by atoms with Gasteiger partial charge in [0, 0.05) is 6.54 Å². The molecule has 14 heavy (non-hydrogen) atoms. The Labute approximate surface area is 86.3 Å². The highest BCUT2D eigenvalue weighted by atomic mass is 19.1. The molecule has 0 N–H and O–H groups in total. The van der Waals surface area contributed by atoms with E-state index < -0.39 is 0 Å². The molecule has 80 valence electrons. The highest BCUT2D eigenvalue weighted by Gasteiger charge is 2.10. The Morgan fingerprint density at radius 1 is 1.29 bits per heavy atom. The fourth-order valence-corrected chi connectivity index (χ4v) is 1.88. The van der Waals surface area contributed by atoms with Crippen LogP contribution in [0.25, 0.3) is 0 Å². The summed E-state index contributed by atoms with van der Waals surface area (Å²) in [6, 6.07) is 0. The van der Waals surface area contributed by atoms with Gasteiger partial charge in [-0.05, 0) is 44.5 Å². The molecule has 0 atom stereocenters. The zero-order valence-corrected chi connectivity index (χ0v) is 9.06. The molecule has 1 aliphatic heterocycles. The Morgan fingerprint density at radius 2 is 1.86 bits per heavy atom. The van der Waals surface area contributed by atoms with Gasteiger partial charge in [0.25, 0.3) is 0 Å². The molecule has 1 aliphatic rings. The first kappa shape index (κ1) is 11.4. The summed E-state index contributed by atoms with van der Waals surface area (Å²) in [6.07, 6.45) is 6.45. The van der Waals surface area contributed by atoms with Crippen LogP contribution in [-0.2, 0) is 0 Å². The lowest BCUT2D eigenvalue weighted by Gasteiger charge is -2.19. The maximum atomic E-state index is 13.1. The van der Waals surface area contributed by atoms with E-state index in [1.54, 1.807) is 0 Å². The highest BCUT2D eigenvalue weighted by molar-refractivity contribution is 5.16. The average molecular weight is 197 g/mol. The van der Waals surface area contributed by atoms with Gasteiger partial charge >= 0.3 is 0 Å². The molecule has 0 aliphatic carbocycles.